The normalized spacial score (nSPS) is 10.3. The Morgan fingerprint density at radius 3 is 2.94 bits per heavy atom. The van der Waals surface area contributed by atoms with Crippen LogP contribution in [0.5, 0.6) is 5.75 Å². The molecule has 18 heavy (non-hydrogen) atoms. The van der Waals surface area contributed by atoms with Crippen LogP contribution in [0.15, 0.2) is 18.2 Å². The van der Waals surface area contributed by atoms with Crippen molar-refractivity contribution in [3.05, 3.63) is 29.6 Å². The summed E-state index contributed by atoms with van der Waals surface area (Å²) in [5.74, 6) is -1.19. The van der Waals surface area contributed by atoms with Crippen molar-refractivity contribution in [2.24, 2.45) is 0 Å². The topological polar surface area (TPSA) is 70.6 Å². The zero-order valence-corrected chi connectivity index (χ0v) is 10.2. The number of carbonyl (C=O) groups is 1. The minimum absolute atomic E-state index is 0.145. The lowest BCUT2D eigenvalue weighted by Gasteiger charge is -2.06. The highest BCUT2D eigenvalue weighted by Crippen LogP contribution is 2.15. The van der Waals surface area contributed by atoms with Crippen molar-refractivity contribution in [2.45, 2.75) is 6.54 Å². The van der Waals surface area contributed by atoms with Gasteiger partial charge < -0.3 is 20.5 Å². The molecule has 6 heteroatoms. The van der Waals surface area contributed by atoms with E-state index in [1.165, 1.54) is 12.1 Å². The third-order valence-electron chi connectivity index (χ3n) is 2.26. The standard InChI is InChI=1S/C12H17FN2O3/c1-18-5-4-15-12(17)8-14-7-9-2-3-11(16)10(13)6-9/h2-3,6,14,16H,4-5,7-8H2,1H3,(H,15,17). The Kier molecular flexibility index (Phi) is 6.10. The summed E-state index contributed by atoms with van der Waals surface area (Å²) in [5, 5.41) is 14.5. The van der Waals surface area contributed by atoms with Gasteiger partial charge >= 0.3 is 0 Å². The number of hydrogen-bond acceptors (Lipinski definition) is 4. The van der Waals surface area contributed by atoms with E-state index >= 15 is 0 Å². The first-order valence-corrected chi connectivity index (χ1v) is 5.57. The SMILES string of the molecule is COCCNC(=O)CNCc1ccc(O)c(F)c1. The van der Waals surface area contributed by atoms with Crippen molar-refractivity contribution >= 4 is 5.91 Å². The average Bonchev–Trinajstić information content (AvgIpc) is 2.34. The minimum atomic E-state index is -0.668. The second-order valence-electron chi connectivity index (χ2n) is 3.73. The molecule has 3 N–H and O–H groups in total. The number of rotatable bonds is 7. The summed E-state index contributed by atoms with van der Waals surface area (Å²) in [7, 11) is 1.56. The number of aromatic hydroxyl groups is 1. The van der Waals surface area contributed by atoms with Crippen LogP contribution in [0.4, 0.5) is 4.39 Å². The lowest BCUT2D eigenvalue weighted by molar-refractivity contribution is -0.120. The van der Waals surface area contributed by atoms with E-state index in [2.05, 4.69) is 10.6 Å². The van der Waals surface area contributed by atoms with E-state index in [0.717, 1.165) is 0 Å². The highest BCUT2D eigenvalue weighted by atomic mass is 19.1. The first-order valence-electron chi connectivity index (χ1n) is 5.57. The summed E-state index contributed by atoms with van der Waals surface area (Å²) in [6.07, 6.45) is 0. The predicted octanol–water partition coefficient (Wildman–Crippen LogP) is 0.384. The number of amides is 1. The van der Waals surface area contributed by atoms with E-state index in [0.29, 0.717) is 25.3 Å². The number of nitrogens with one attached hydrogen (secondary N) is 2. The molecule has 1 amide bonds. The van der Waals surface area contributed by atoms with Crippen LogP contribution in [-0.2, 0) is 16.1 Å². The van der Waals surface area contributed by atoms with Gasteiger partial charge in [0.25, 0.3) is 0 Å². The van der Waals surface area contributed by atoms with Crippen LogP contribution in [-0.4, -0.2) is 37.8 Å². The van der Waals surface area contributed by atoms with Gasteiger partial charge in [0.15, 0.2) is 11.6 Å². The molecule has 0 aliphatic carbocycles. The molecular weight excluding hydrogens is 239 g/mol. The number of phenolic OH excluding ortho intramolecular Hbond substituents is 1. The smallest absolute Gasteiger partial charge is 0.234 e. The van der Waals surface area contributed by atoms with E-state index in [-0.39, 0.29) is 18.2 Å². The van der Waals surface area contributed by atoms with Crippen molar-refractivity contribution in [3.8, 4) is 5.75 Å². The molecule has 0 bridgehead atoms. The molecule has 0 heterocycles. The van der Waals surface area contributed by atoms with Crippen molar-refractivity contribution in [1.29, 1.82) is 0 Å². The summed E-state index contributed by atoms with van der Waals surface area (Å²) in [6.45, 7) is 1.43. The zero-order chi connectivity index (χ0) is 13.4. The fourth-order valence-corrected chi connectivity index (χ4v) is 1.34. The third kappa shape index (κ3) is 5.11. The maximum Gasteiger partial charge on any atom is 0.234 e. The van der Waals surface area contributed by atoms with Gasteiger partial charge in [-0.3, -0.25) is 4.79 Å². The Morgan fingerprint density at radius 2 is 2.28 bits per heavy atom. The second-order valence-corrected chi connectivity index (χ2v) is 3.73. The lowest BCUT2D eigenvalue weighted by Crippen LogP contribution is -2.35. The quantitative estimate of drug-likeness (QED) is 0.617. The average molecular weight is 256 g/mol. The first-order chi connectivity index (χ1) is 8.63. The summed E-state index contributed by atoms with van der Waals surface area (Å²) in [4.78, 5) is 11.3. The highest BCUT2D eigenvalue weighted by molar-refractivity contribution is 5.77. The molecule has 0 saturated heterocycles. The number of carbonyl (C=O) groups excluding carboxylic acids is 1. The molecule has 0 aliphatic heterocycles. The van der Waals surface area contributed by atoms with Crippen LogP contribution in [0.3, 0.4) is 0 Å². The largest absolute Gasteiger partial charge is 0.505 e. The Morgan fingerprint density at radius 1 is 1.50 bits per heavy atom. The van der Waals surface area contributed by atoms with Crippen molar-refractivity contribution in [2.75, 3.05) is 26.8 Å². The third-order valence-corrected chi connectivity index (χ3v) is 2.26. The molecule has 1 aromatic carbocycles. The molecule has 0 aromatic heterocycles. The number of benzene rings is 1. The molecule has 0 aliphatic rings. The molecule has 0 radical (unpaired) electrons. The monoisotopic (exact) mass is 256 g/mol. The zero-order valence-electron chi connectivity index (χ0n) is 10.2. The molecule has 100 valence electrons. The number of hydrogen-bond donors (Lipinski definition) is 3. The van der Waals surface area contributed by atoms with Gasteiger partial charge in [-0.05, 0) is 17.7 Å². The molecule has 1 aromatic rings. The van der Waals surface area contributed by atoms with Gasteiger partial charge in [0.05, 0.1) is 13.2 Å². The van der Waals surface area contributed by atoms with Crippen molar-refractivity contribution in [3.63, 3.8) is 0 Å². The van der Waals surface area contributed by atoms with Crippen LogP contribution in [0.1, 0.15) is 5.56 Å². The summed E-state index contributed by atoms with van der Waals surface area (Å²) < 4.78 is 17.8. The number of ether oxygens (including phenoxy) is 1. The van der Waals surface area contributed by atoms with Crippen LogP contribution in [0, 0.1) is 5.82 Å². The molecule has 5 nitrogen and oxygen atoms in total. The molecule has 0 fully saturated rings. The van der Waals surface area contributed by atoms with E-state index in [4.69, 9.17) is 9.84 Å². The van der Waals surface area contributed by atoms with Gasteiger partial charge in [-0.15, -0.1) is 0 Å². The maximum absolute atomic E-state index is 13.0. The molecule has 0 atom stereocenters. The minimum Gasteiger partial charge on any atom is -0.505 e. The van der Waals surface area contributed by atoms with Crippen LogP contribution in [0.25, 0.3) is 0 Å². The van der Waals surface area contributed by atoms with Gasteiger partial charge in [0.1, 0.15) is 0 Å². The van der Waals surface area contributed by atoms with E-state index in [1.54, 1.807) is 13.2 Å². The highest BCUT2D eigenvalue weighted by Gasteiger charge is 2.03. The fraction of sp³-hybridized carbons (Fsp3) is 0.417. The first kappa shape index (κ1) is 14.4. The van der Waals surface area contributed by atoms with Crippen molar-refractivity contribution < 1.29 is 19.0 Å². The Balaban J connectivity index is 2.24. The van der Waals surface area contributed by atoms with Gasteiger partial charge in [-0.2, -0.15) is 0 Å². The lowest BCUT2D eigenvalue weighted by atomic mass is 10.2. The number of halogens is 1. The van der Waals surface area contributed by atoms with Gasteiger partial charge in [0.2, 0.25) is 5.91 Å². The van der Waals surface area contributed by atoms with E-state index in [1.807, 2.05) is 0 Å². The maximum atomic E-state index is 13.0. The Bertz CT molecular complexity index is 399. The van der Waals surface area contributed by atoms with Crippen molar-refractivity contribution in [1.82, 2.24) is 10.6 Å². The summed E-state index contributed by atoms with van der Waals surface area (Å²) in [6, 6.07) is 4.10. The van der Waals surface area contributed by atoms with Crippen LogP contribution < -0.4 is 10.6 Å². The molecule has 0 unspecified atom stereocenters. The van der Waals surface area contributed by atoms with E-state index < -0.39 is 5.82 Å². The van der Waals surface area contributed by atoms with Crippen LogP contribution >= 0.6 is 0 Å². The van der Waals surface area contributed by atoms with Gasteiger partial charge in [-0.25, -0.2) is 4.39 Å². The Hall–Kier alpha value is -1.66. The Labute approximate surface area is 105 Å². The van der Waals surface area contributed by atoms with Crippen LogP contribution in [0.2, 0.25) is 0 Å². The molecule has 1 rings (SSSR count). The fourth-order valence-electron chi connectivity index (χ4n) is 1.34. The number of phenols is 1. The number of methoxy groups -OCH3 is 1. The molecule has 0 saturated carbocycles. The molecular formula is C12H17FN2O3. The molecule has 0 spiro atoms. The predicted molar refractivity (Wildman–Crippen MR) is 64.7 cm³/mol. The van der Waals surface area contributed by atoms with Gasteiger partial charge in [0, 0.05) is 20.2 Å². The summed E-state index contributed by atoms with van der Waals surface area (Å²) >= 11 is 0. The summed E-state index contributed by atoms with van der Waals surface area (Å²) in [5.41, 5.74) is 0.662. The second kappa shape index (κ2) is 7.62. The van der Waals surface area contributed by atoms with E-state index in [9.17, 15) is 9.18 Å². The van der Waals surface area contributed by atoms with Gasteiger partial charge in [-0.1, -0.05) is 6.07 Å².